The summed E-state index contributed by atoms with van der Waals surface area (Å²) < 4.78 is 10.3. The van der Waals surface area contributed by atoms with Crippen LogP contribution >= 0.6 is 11.3 Å². The second-order valence-corrected chi connectivity index (χ2v) is 9.07. The zero-order chi connectivity index (χ0) is 25.5. The Bertz CT molecular complexity index is 1430. The van der Waals surface area contributed by atoms with Crippen LogP contribution in [-0.4, -0.2) is 40.1 Å². The lowest BCUT2D eigenvalue weighted by Gasteiger charge is -2.10. The van der Waals surface area contributed by atoms with Crippen molar-refractivity contribution in [3.8, 4) is 22.8 Å². The molecular weight excluding hydrogens is 474 g/mol. The van der Waals surface area contributed by atoms with Gasteiger partial charge in [0.2, 0.25) is 0 Å². The molecule has 0 N–H and O–H groups in total. The molecule has 4 rings (SSSR count). The Balaban J connectivity index is 1.75. The van der Waals surface area contributed by atoms with Crippen LogP contribution in [0.4, 0.5) is 0 Å². The molecule has 0 radical (unpaired) electrons. The maximum Gasteiger partial charge on any atom is 0.338 e. The van der Waals surface area contributed by atoms with Crippen molar-refractivity contribution >= 4 is 35.4 Å². The molecule has 4 aromatic heterocycles. The molecular formula is C28H25N3O4S. The van der Waals surface area contributed by atoms with Gasteiger partial charge in [-0.2, -0.15) is 0 Å². The summed E-state index contributed by atoms with van der Waals surface area (Å²) in [5, 5.41) is 0. The Morgan fingerprint density at radius 1 is 0.778 bits per heavy atom. The third kappa shape index (κ3) is 6.09. The molecule has 0 unspecified atom stereocenters. The summed E-state index contributed by atoms with van der Waals surface area (Å²) in [6, 6.07) is 14.4. The lowest BCUT2D eigenvalue weighted by Crippen LogP contribution is -2.07. The highest BCUT2D eigenvalue weighted by atomic mass is 32.1. The molecule has 36 heavy (non-hydrogen) atoms. The fraction of sp³-hybridized carbons (Fsp3) is 0.179. The topological polar surface area (TPSA) is 91.3 Å². The van der Waals surface area contributed by atoms with Crippen LogP contribution < -0.4 is 0 Å². The molecule has 0 aliphatic heterocycles. The monoisotopic (exact) mass is 499 g/mol. The van der Waals surface area contributed by atoms with Gasteiger partial charge in [0, 0.05) is 22.1 Å². The second-order valence-electron chi connectivity index (χ2n) is 7.75. The van der Waals surface area contributed by atoms with Crippen LogP contribution in [0.3, 0.4) is 0 Å². The van der Waals surface area contributed by atoms with Gasteiger partial charge in [0.15, 0.2) is 0 Å². The normalized spacial score (nSPS) is 11.0. The highest BCUT2D eigenvalue weighted by Gasteiger charge is 2.16. The fourth-order valence-corrected chi connectivity index (χ4v) is 4.23. The minimum Gasteiger partial charge on any atom is -0.462 e. The predicted octanol–water partition coefficient (Wildman–Crippen LogP) is 6.10. The van der Waals surface area contributed by atoms with E-state index < -0.39 is 11.9 Å². The first-order chi connectivity index (χ1) is 17.5. The van der Waals surface area contributed by atoms with Gasteiger partial charge in [-0.25, -0.2) is 14.6 Å². The third-order valence-corrected chi connectivity index (χ3v) is 6.08. The Morgan fingerprint density at radius 3 is 2.03 bits per heavy atom. The molecule has 0 amide bonds. The molecule has 4 aromatic rings. The molecule has 0 aromatic carbocycles. The lowest BCUT2D eigenvalue weighted by molar-refractivity contribution is 0.0516. The molecule has 0 saturated carbocycles. The summed E-state index contributed by atoms with van der Waals surface area (Å²) in [7, 11) is 0. The van der Waals surface area contributed by atoms with Crippen molar-refractivity contribution in [3.63, 3.8) is 0 Å². The summed E-state index contributed by atoms with van der Waals surface area (Å²) in [4.78, 5) is 40.8. The van der Waals surface area contributed by atoms with E-state index in [4.69, 9.17) is 14.5 Å². The highest BCUT2D eigenvalue weighted by Crippen LogP contribution is 2.25. The van der Waals surface area contributed by atoms with Crippen LogP contribution in [0, 0.1) is 6.92 Å². The van der Waals surface area contributed by atoms with Crippen molar-refractivity contribution in [2.75, 3.05) is 13.2 Å². The van der Waals surface area contributed by atoms with Gasteiger partial charge in [-0.15, -0.1) is 11.3 Å². The second kappa shape index (κ2) is 11.5. The van der Waals surface area contributed by atoms with Crippen molar-refractivity contribution in [1.29, 1.82) is 0 Å². The molecule has 0 bridgehead atoms. The van der Waals surface area contributed by atoms with Crippen molar-refractivity contribution in [2.24, 2.45) is 0 Å². The van der Waals surface area contributed by atoms with E-state index >= 15 is 0 Å². The standard InChI is InChI=1S/C28H25N3O4S/c1-4-34-27(32)20-11-13-30-24(15-20)26-17-21(28(33)35-5-2)16-25(31-26)23-14-19(10-12-29-23)7-9-22-8-6-18(3)36-22/h6-17H,4-5H2,1-3H3/b9-7+. The average molecular weight is 500 g/mol. The van der Waals surface area contributed by atoms with Crippen LogP contribution in [0.1, 0.15) is 49.9 Å². The van der Waals surface area contributed by atoms with Crippen LogP contribution in [0.15, 0.2) is 60.9 Å². The number of carbonyl (C=O) groups excluding carboxylic acids is 2. The molecule has 8 heteroatoms. The minimum absolute atomic E-state index is 0.239. The summed E-state index contributed by atoms with van der Waals surface area (Å²) in [6.07, 6.45) is 7.27. The maximum atomic E-state index is 12.6. The van der Waals surface area contributed by atoms with E-state index in [1.165, 1.54) is 11.1 Å². The number of thiophene rings is 1. The number of ether oxygens (including phenoxy) is 2. The van der Waals surface area contributed by atoms with E-state index in [9.17, 15) is 9.59 Å². The van der Waals surface area contributed by atoms with Gasteiger partial charge in [-0.05, 0) is 80.9 Å². The van der Waals surface area contributed by atoms with Gasteiger partial charge in [0.1, 0.15) is 0 Å². The molecule has 0 spiro atoms. The first-order valence-corrected chi connectivity index (χ1v) is 12.3. The number of hydrogen-bond donors (Lipinski definition) is 0. The Morgan fingerprint density at radius 2 is 1.39 bits per heavy atom. The number of esters is 2. The maximum absolute atomic E-state index is 12.6. The van der Waals surface area contributed by atoms with Gasteiger partial charge in [-0.3, -0.25) is 9.97 Å². The van der Waals surface area contributed by atoms with Crippen molar-refractivity contribution in [1.82, 2.24) is 15.0 Å². The number of aryl methyl sites for hydroxylation is 1. The average Bonchev–Trinajstić information content (AvgIpc) is 3.32. The fourth-order valence-electron chi connectivity index (χ4n) is 3.45. The van der Waals surface area contributed by atoms with Gasteiger partial charge < -0.3 is 9.47 Å². The quantitative estimate of drug-likeness (QED) is 0.271. The minimum atomic E-state index is -0.479. The highest BCUT2D eigenvalue weighted by molar-refractivity contribution is 7.12. The van der Waals surface area contributed by atoms with E-state index in [-0.39, 0.29) is 13.2 Å². The first kappa shape index (κ1) is 24.9. The SMILES string of the molecule is CCOC(=O)c1ccnc(-c2cc(C(=O)OCC)cc(-c3cc(/C=C/c4ccc(C)s4)ccn3)n2)c1. The number of carbonyl (C=O) groups is 2. The molecule has 0 aliphatic rings. The largest absolute Gasteiger partial charge is 0.462 e. The van der Waals surface area contributed by atoms with Gasteiger partial charge in [0.25, 0.3) is 0 Å². The molecule has 0 fully saturated rings. The van der Waals surface area contributed by atoms with Crippen LogP contribution in [0.25, 0.3) is 34.9 Å². The summed E-state index contributed by atoms with van der Waals surface area (Å²) in [5.41, 5.74) is 3.53. The number of aromatic nitrogens is 3. The van der Waals surface area contributed by atoms with E-state index in [1.807, 2.05) is 18.2 Å². The number of rotatable bonds is 8. The lowest BCUT2D eigenvalue weighted by atomic mass is 10.1. The van der Waals surface area contributed by atoms with Gasteiger partial charge >= 0.3 is 11.9 Å². The van der Waals surface area contributed by atoms with E-state index in [2.05, 4.69) is 35.1 Å². The Hall–Kier alpha value is -4.17. The van der Waals surface area contributed by atoms with Crippen LogP contribution in [-0.2, 0) is 9.47 Å². The smallest absolute Gasteiger partial charge is 0.338 e. The molecule has 7 nitrogen and oxygen atoms in total. The summed E-state index contributed by atoms with van der Waals surface area (Å²) >= 11 is 1.72. The number of nitrogens with zero attached hydrogens (tertiary/aromatic N) is 3. The van der Waals surface area contributed by atoms with E-state index in [1.54, 1.807) is 55.6 Å². The Labute approximate surface area is 213 Å². The van der Waals surface area contributed by atoms with Crippen LogP contribution in [0.5, 0.6) is 0 Å². The molecule has 4 heterocycles. The van der Waals surface area contributed by atoms with Crippen molar-refractivity contribution in [3.05, 3.63) is 87.4 Å². The zero-order valence-electron chi connectivity index (χ0n) is 20.2. The first-order valence-electron chi connectivity index (χ1n) is 11.5. The predicted molar refractivity (Wildman–Crippen MR) is 141 cm³/mol. The third-order valence-electron chi connectivity index (χ3n) is 5.12. The number of pyridine rings is 3. The van der Waals surface area contributed by atoms with Gasteiger partial charge in [0.05, 0.1) is 47.1 Å². The summed E-state index contributed by atoms with van der Waals surface area (Å²) in [6.45, 7) is 6.07. The molecule has 0 atom stereocenters. The van der Waals surface area contributed by atoms with E-state index in [0.717, 1.165) is 10.4 Å². The van der Waals surface area contributed by atoms with Gasteiger partial charge in [-0.1, -0.05) is 6.08 Å². The van der Waals surface area contributed by atoms with Crippen molar-refractivity contribution in [2.45, 2.75) is 20.8 Å². The number of hydrogen-bond acceptors (Lipinski definition) is 8. The molecule has 182 valence electrons. The van der Waals surface area contributed by atoms with Crippen LogP contribution in [0.2, 0.25) is 0 Å². The van der Waals surface area contributed by atoms with Crippen molar-refractivity contribution < 1.29 is 19.1 Å². The summed E-state index contributed by atoms with van der Waals surface area (Å²) in [5.74, 6) is -0.932. The zero-order valence-corrected chi connectivity index (χ0v) is 21.0. The molecule has 0 aliphatic carbocycles. The molecule has 0 saturated heterocycles. The van der Waals surface area contributed by atoms with E-state index in [0.29, 0.717) is 33.9 Å². The Kier molecular flexibility index (Phi) is 7.97.